The molecule has 0 radical (unpaired) electrons. The molecular weight excluding hydrogens is 314 g/mol. The molecule has 0 saturated heterocycles. The van der Waals surface area contributed by atoms with E-state index in [-0.39, 0.29) is 6.42 Å². The van der Waals surface area contributed by atoms with Crippen LogP contribution in [-0.2, 0) is 19.2 Å². The van der Waals surface area contributed by atoms with Crippen molar-refractivity contribution in [3.8, 4) is 0 Å². The number of hydrogen-bond acceptors (Lipinski definition) is 5. The topological polar surface area (TPSA) is 182 Å². The quantitative estimate of drug-likeness (QED) is 0.297. The van der Waals surface area contributed by atoms with Gasteiger partial charge in [-0.3, -0.25) is 9.59 Å². The number of carbonyl (C=O) groups is 5. The van der Waals surface area contributed by atoms with Gasteiger partial charge in [0.15, 0.2) is 0 Å². The summed E-state index contributed by atoms with van der Waals surface area (Å²) in [5, 5.41) is 32.7. The van der Waals surface area contributed by atoms with Crippen LogP contribution in [0.4, 0.5) is 4.79 Å². The van der Waals surface area contributed by atoms with Crippen molar-refractivity contribution < 1.29 is 39.3 Å². The minimum atomic E-state index is -1.49. The number of aliphatic carboxylic acids is 3. The van der Waals surface area contributed by atoms with Crippen LogP contribution in [0.15, 0.2) is 0 Å². The Morgan fingerprint density at radius 2 is 1.48 bits per heavy atom. The third-order valence-electron chi connectivity index (χ3n) is 2.73. The lowest BCUT2D eigenvalue weighted by Gasteiger charge is -2.23. The van der Waals surface area contributed by atoms with Gasteiger partial charge in [-0.15, -0.1) is 0 Å². The Labute approximate surface area is 131 Å². The molecule has 0 heterocycles. The van der Waals surface area contributed by atoms with Crippen molar-refractivity contribution in [2.45, 2.75) is 44.8 Å². The molecule has 1 unspecified atom stereocenters. The van der Waals surface area contributed by atoms with E-state index in [4.69, 9.17) is 15.3 Å². The van der Waals surface area contributed by atoms with E-state index in [0.717, 1.165) is 0 Å². The number of carbonyl (C=O) groups excluding carboxylic acids is 2. The van der Waals surface area contributed by atoms with Crippen LogP contribution in [0.1, 0.15) is 26.7 Å². The van der Waals surface area contributed by atoms with E-state index in [1.807, 2.05) is 10.6 Å². The summed E-state index contributed by atoms with van der Waals surface area (Å²) in [6.07, 6.45) is -0.848. The predicted molar refractivity (Wildman–Crippen MR) is 74.7 cm³/mol. The van der Waals surface area contributed by atoms with E-state index in [1.54, 1.807) is 0 Å². The maximum absolute atomic E-state index is 11.7. The van der Waals surface area contributed by atoms with Crippen LogP contribution >= 0.6 is 0 Å². The zero-order valence-electron chi connectivity index (χ0n) is 12.5. The normalized spacial score (nSPS) is 14.0. The summed E-state index contributed by atoms with van der Waals surface area (Å²) in [5.41, 5.74) is 0. The maximum atomic E-state index is 11.7. The molecule has 11 nitrogen and oxygen atoms in total. The largest absolute Gasteiger partial charge is 0.481 e. The number of rotatable bonds is 9. The Bertz CT molecular complexity index is 493. The maximum Gasteiger partial charge on any atom is 0.328 e. The van der Waals surface area contributed by atoms with Gasteiger partial charge < -0.3 is 31.3 Å². The second kappa shape index (κ2) is 9.23. The molecule has 0 aliphatic carbocycles. The van der Waals surface area contributed by atoms with E-state index in [9.17, 15) is 24.0 Å². The Morgan fingerprint density at radius 1 is 0.913 bits per heavy atom. The van der Waals surface area contributed by atoms with Crippen molar-refractivity contribution in [3.05, 3.63) is 0 Å². The van der Waals surface area contributed by atoms with Gasteiger partial charge in [-0.2, -0.15) is 0 Å². The van der Waals surface area contributed by atoms with Gasteiger partial charge in [0.05, 0.1) is 6.04 Å². The van der Waals surface area contributed by atoms with Crippen LogP contribution in [0.5, 0.6) is 0 Å². The van der Waals surface area contributed by atoms with E-state index in [1.165, 1.54) is 13.8 Å². The van der Waals surface area contributed by atoms with E-state index < -0.39 is 54.4 Å². The Balaban J connectivity index is 4.77. The van der Waals surface area contributed by atoms with E-state index in [0.29, 0.717) is 0 Å². The summed E-state index contributed by atoms with van der Waals surface area (Å²) in [6.45, 7) is 2.52. The molecule has 11 heteroatoms. The zero-order valence-corrected chi connectivity index (χ0v) is 12.5. The fourth-order valence-electron chi connectivity index (χ4n) is 1.67. The number of urea groups is 1. The lowest BCUT2D eigenvalue weighted by molar-refractivity contribution is -0.141. The van der Waals surface area contributed by atoms with Crippen LogP contribution in [0.3, 0.4) is 0 Å². The van der Waals surface area contributed by atoms with Crippen molar-refractivity contribution in [3.63, 3.8) is 0 Å². The molecule has 0 aliphatic rings. The Kier molecular flexibility index (Phi) is 8.08. The first kappa shape index (κ1) is 20.1. The highest BCUT2D eigenvalue weighted by Crippen LogP contribution is 1.99. The summed E-state index contributed by atoms with van der Waals surface area (Å²) in [6, 6.07) is -5.03. The van der Waals surface area contributed by atoms with Gasteiger partial charge in [0.25, 0.3) is 0 Å². The van der Waals surface area contributed by atoms with Gasteiger partial charge in [-0.25, -0.2) is 14.4 Å². The monoisotopic (exact) mass is 333 g/mol. The van der Waals surface area contributed by atoms with Gasteiger partial charge >= 0.3 is 23.9 Å². The average molecular weight is 333 g/mol. The van der Waals surface area contributed by atoms with Crippen molar-refractivity contribution >= 4 is 29.8 Å². The average Bonchev–Trinajstić information content (AvgIpc) is 2.38. The molecule has 0 aromatic rings. The molecular formula is C12H19N3O8. The predicted octanol–water partition coefficient (Wildman–Crippen LogP) is -1.42. The fraction of sp³-hybridized carbons (Fsp3) is 0.583. The van der Waals surface area contributed by atoms with Crippen molar-refractivity contribution in [2.75, 3.05) is 0 Å². The second-order valence-electron chi connectivity index (χ2n) is 4.75. The Morgan fingerprint density at radius 3 is 1.87 bits per heavy atom. The molecule has 3 amide bonds. The molecule has 0 aromatic carbocycles. The number of amides is 3. The zero-order chi connectivity index (χ0) is 18.2. The first-order valence-electron chi connectivity index (χ1n) is 6.56. The molecule has 0 fully saturated rings. The van der Waals surface area contributed by atoms with Crippen molar-refractivity contribution in [1.29, 1.82) is 0 Å². The first-order valence-corrected chi connectivity index (χ1v) is 6.56. The number of nitrogens with one attached hydrogen (secondary N) is 3. The van der Waals surface area contributed by atoms with Gasteiger partial charge in [0.2, 0.25) is 5.91 Å². The van der Waals surface area contributed by atoms with Crippen LogP contribution in [0.25, 0.3) is 0 Å². The van der Waals surface area contributed by atoms with Gasteiger partial charge in [0.1, 0.15) is 12.1 Å². The van der Waals surface area contributed by atoms with Crippen molar-refractivity contribution in [2.24, 2.45) is 0 Å². The smallest absolute Gasteiger partial charge is 0.328 e. The third-order valence-corrected chi connectivity index (χ3v) is 2.73. The first-order chi connectivity index (χ1) is 10.5. The molecule has 23 heavy (non-hydrogen) atoms. The number of carboxylic acid groups (broad SMARTS) is 3. The molecule has 0 rings (SSSR count). The molecule has 0 bridgehead atoms. The molecule has 3 atom stereocenters. The van der Waals surface area contributed by atoms with E-state index >= 15 is 0 Å². The summed E-state index contributed by atoms with van der Waals surface area (Å²) >= 11 is 0. The SMILES string of the molecule is CC(=O)N[C@@H](C)C(NC(=O)N[C@@H](CCC(=O)O)C(=O)O)C(=O)O. The number of carboxylic acids is 3. The van der Waals surface area contributed by atoms with Crippen LogP contribution < -0.4 is 16.0 Å². The molecule has 0 aliphatic heterocycles. The van der Waals surface area contributed by atoms with Crippen molar-refractivity contribution in [1.82, 2.24) is 16.0 Å². The molecule has 0 spiro atoms. The number of hydrogen-bond donors (Lipinski definition) is 6. The van der Waals surface area contributed by atoms with Crippen LogP contribution in [-0.4, -0.2) is 63.3 Å². The van der Waals surface area contributed by atoms with Gasteiger partial charge in [-0.05, 0) is 13.3 Å². The lowest BCUT2D eigenvalue weighted by atomic mass is 10.1. The minimum absolute atomic E-state index is 0.364. The second-order valence-corrected chi connectivity index (χ2v) is 4.75. The van der Waals surface area contributed by atoms with Crippen LogP contribution in [0.2, 0.25) is 0 Å². The summed E-state index contributed by atoms with van der Waals surface area (Å²) in [4.78, 5) is 55.1. The van der Waals surface area contributed by atoms with E-state index in [2.05, 4.69) is 5.32 Å². The fourth-order valence-corrected chi connectivity index (χ4v) is 1.67. The minimum Gasteiger partial charge on any atom is -0.481 e. The highest BCUT2D eigenvalue weighted by atomic mass is 16.4. The summed E-state index contributed by atoms with van der Waals surface area (Å²) < 4.78 is 0. The molecule has 0 saturated carbocycles. The molecule has 6 N–H and O–H groups in total. The highest BCUT2D eigenvalue weighted by Gasteiger charge is 2.29. The molecule has 0 aromatic heterocycles. The van der Waals surface area contributed by atoms with Crippen LogP contribution in [0, 0.1) is 0 Å². The Hall–Kier alpha value is -2.85. The summed E-state index contributed by atoms with van der Waals surface area (Å²) in [7, 11) is 0. The van der Waals surface area contributed by atoms with Gasteiger partial charge in [-0.1, -0.05) is 0 Å². The highest BCUT2D eigenvalue weighted by molar-refractivity contribution is 5.87. The summed E-state index contributed by atoms with van der Waals surface area (Å²) in [5.74, 6) is -4.63. The lowest BCUT2D eigenvalue weighted by Crippen LogP contribution is -2.57. The standard InChI is InChI=1S/C12H19N3O8/c1-5(13-6(2)16)9(11(21)22)15-12(23)14-7(10(19)20)3-4-8(17)18/h5,7,9H,3-4H2,1-2H3,(H,13,16)(H,17,18)(H,19,20)(H,21,22)(H2,14,15,23)/t5-,7-,9?/m0/s1. The molecule has 130 valence electrons. The third kappa shape index (κ3) is 8.24. The van der Waals surface area contributed by atoms with Gasteiger partial charge in [0, 0.05) is 13.3 Å².